The molecule has 1 unspecified atom stereocenters. The smallest absolute Gasteiger partial charge is 0.277 e. The van der Waals surface area contributed by atoms with Crippen LogP contribution in [-0.2, 0) is 6.42 Å². The highest BCUT2D eigenvalue weighted by Gasteiger charge is 2.31. The zero-order valence-electron chi connectivity index (χ0n) is 16.9. The summed E-state index contributed by atoms with van der Waals surface area (Å²) in [5.41, 5.74) is 4.23. The van der Waals surface area contributed by atoms with E-state index in [1.54, 1.807) is 12.3 Å². The molecule has 5 nitrogen and oxygen atoms in total. The van der Waals surface area contributed by atoms with Crippen LogP contribution in [0.3, 0.4) is 0 Å². The Kier molecular flexibility index (Phi) is 5.21. The van der Waals surface area contributed by atoms with E-state index in [9.17, 15) is 4.79 Å². The van der Waals surface area contributed by atoms with Crippen molar-refractivity contribution < 1.29 is 9.53 Å². The highest BCUT2D eigenvalue weighted by Crippen LogP contribution is 2.33. The second-order valence-electron chi connectivity index (χ2n) is 7.57. The molecule has 0 saturated carbocycles. The van der Waals surface area contributed by atoms with Gasteiger partial charge in [0.1, 0.15) is 11.4 Å². The Morgan fingerprint density at radius 1 is 1.14 bits per heavy atom. The zero-order chi connectivity index (χ0) is 20.4. The van der Waals surface area contributed by atoms with E-state index in [-0.39, 0.29) is 18.1 Å². The van der Waals surface area contributed by atoms with Crippen LogP contribution in [0.15, 0.2) is 66.9 Å². The number of amides is 1. The molecule has 29 heavy (non-hydrogen) atoms. The highest BCUT2D eigenvalue weighted by molar-refractivity contribution is 6.07. The quantitative estimate of drug-likeness (QED) is 0.653. The number of hydrogen-bond acceptors (Lipinski definition) is 4. The Hall–Kier alpha value is -3.34. The molecule has 4 rings (SSSR count). The number of fused-ring (bicyclic) bond motifs is 1. The topological polar surface area (TPSA) is 54.5 Å². The van der Waals surface area contributed by atoms with Gasteiger partial charge >= 0.3 is 0 Å². The van der Waals surface area contributed by atoms with Crippen LogP contribution >= 0.6 is 0 Å². The third-order valence-corrected chi connectivity index (χ3v) is 4.93. The van der Waals surface area contributed by atoms with Gasteiger partial charge in [-0.15, -0.1) is 0 Å². The van der Waals surface area contributed by atoms with Gasteiger partial charge in [-0.25, -0.2) is 0 Å². The number of para-hydroxylation sites is 3. The van der Waals surface area contributed by atoms with Crippen LogP contribution in [0.1, 0.15) is 36.8 Å². The maximum atomic E-state index is 13.2. The third kappa shape index (κ3) is 3.94. The summed E-state index contributed by atoms with van der Waals surface area (Å²) in [4.78, 5) is 19.4. The maximum absolute atomic E-state index is 13.2. The fourth-order valence-electron chi connectivity index (χ4n) is 3.71. The minimum Gasteiger partial charge on any atom is -0.489 e. The number of hydrogen-bond donors (Lipinski definition) is 1. The average molecular weight is 387 g/mol. The highest BCUT2D eigenvalue weighted by atomic mass is 16.5. The molecule has 1 N–H and O–H groups in total. The number of benzene rings is 2. The summed E-state index contributed by atoms with van der Waals surface area (Å²) < 4.78 is 5.88. The number of rotatable bonds is 5. The summed E-state index contributed by atoms with van der Waals surface area (Å²) >= 11 is 0. The lowest BCUT2D eigenvalue weighted by molar-refractivity contribution is 0.0976. The Labute approximate surface area is 171 Å². The molecule has 1 atom stereocenters. The molecular formula is C24H25N3O2. The predicted molar refractivity (Wildman–Crippen MR) is 116 cm³/mol. The van der Waals surface area contributed by atoms with Gasteiger partial charge in [0, 0.05) is 23.6 Å². The first-order valence-corrected chi connectivity index (χ1v) is 9.93. The molecule has 1 aliphatic heterocycles. The Bertz CT molecular complexity index is 1030. The van der Waals surface area contributed by atoms with E-state index in [4.69, 9.17) is 4.74 Å². The van der Waals surface area contributed by atoms with Gasteiger partial charge in [0.25, 0.3) is 5.91 Å². The minimum atomic E-state index is -0.0854. The van der Waals surface area contributed by atoms with E-state index < -0.39 is 0 Å². The van der Waals surface area contributed by atoms with Crippen LogP contribution in [0.5, 0.6) is 5.75 Å². The second kappa shape index (κ2) is 7.95. The normalized spacial score (nSPS) is 15.3. The molecule has 1 amide bonds. The van der Waals surface area contributed by atoms with Crippen LogP contribution in [0.2, 0.25) is 0 Å². The maximum Gasteiger partial charge on any atom is 0.277 e. The summed E-state index contributed by atoms with van der Waals surface area (Å²) in [6.07, 6.45) is 2.60. The van der Waals surface area contributed by atoms with Gasteiger partial charge in [0.05, 0.1) is 11.8 Å². The molecule has 0 fully saturated rings. The van der Waals surface area contributed by atoms with Crippen molar-refractivity contribution in [3.8, 4) is 5.75 Å². The molecule has 1 aromatic heterocycles. The first-order chi connectivity index (χ1) is 14.0. The van der Waals surface area contributed by atoms with Crippen molar-refractivity contribution >= 4 is 23.0 Å². The van der Waals surface area contributed by atoms with E-state index in [0.29, 0.717) is 5.69 Å². The van der Waals surface area contributed by atoms with Gasteiger partial charge in [-0.05, 0) is 63.1 Å². The molecule has 2 aromatic carbocycles. The van der Waals surface area contributed by atoms with Crippen LogP contribution in [0.25, 0.3) is 0 Å². The summed E-state index contributed by atoms with van der Waals surface area (Å²) in [7, 11) is 0. The van der Waals surface area contributed by atoms with Crippen molar-refractivity contribution in [3.05, 3.63) is 78.1 Å². The van der Waals surface area contributed by atoms with E-state index in [2.05, 4.69) is 23.3 Å². The van der Waals surface area contributed by atoms with Crippen LogP contribution in [0.4, 0.5) is 17.1 Å². The number of carbonyl (C=O) groups excluding carboxylic acids is 1. The van der Waals surface area contributed by atoms with E-state index in [0.717, 1.165) is 29.2 Å². The first kappa shape index (κ1) is 19.0. The van der Waals surface area contributed by atoms with Crippen LogP contribution in [0, 0.1) is 0 Å². The summed E-state index contributed by atoms with van der Waals surface area (Å²) in [5, 5.41) is 3.36. The molecule has 0 spiro atoms. The van der Waals surface area contributed by atoms with E-state index in [1.165, 1.54) is 5.56 Å². The van der Waals surface area contributed by atoms with Gasteiger partial charge in [0.2, 0.25) is 0 Å². The number of anilines is 3. The van der Waals surface area contributed by atoms with E-state index in [1.807, 2.05) is 67.3 Å². The Balaban J connectivity index is 1.60. The summed E-state index contributed by atoms with van der Waals surface area (Å²) in [6.45, 7) is 6.06. The number of nitrogens with zero attached hydrogens (tertiary/aromatic N) is 2. The molecular weight excluding hydrogens is 362 g/mol. The van der Waals surface area contributed by atoms with Crippen molar-refractivity contribution in [2.75, 3.05) is 10.2 Å². The van der Waals surface area contributed by atoms with Gasteiger partial charge in [-0.1, -0.05) is 30.3 Å². The molecule has 3 aromatic rings. The molecule has 0 bridgehead atoms. The molecule has 0 saturated heterocycles. The molecule has 0 aliphatic carbocycles. The number of ether oxygens (including phenoxy) is 1. The second-order valence-corrected chi connectivity index (χ2v) is 7.57. The Morgan fingerprint density at radius 3 is 2.72 bits per heavy atom. The summed E-state index contributed by atoms with van der Waals surface area (Å²) in [5.74, 6) is 0.687. The number of aromatic nitrogens is 1. The number of carbonyl (C=O) groups is 1. The van der Waals surface area contributed by atoms with E-state index >= 15 is 0 Å². The van der Waals surface area contributed by atoms with Gasteiger partial charge in [-0.3, -0.25) is 9.78 Å². The minimum absolute atomic E-state index is 0.0734. The van der Waals surface area contributed by atoms with Crippen molar-refractivity contribution in [2.24, 2.45) is 0 Å². The molecule has 5 heteroatoms. The number of nitrogens with one attached hydrogen (secondary N) is 1. The van der Waals surface area contributed by atoms with Gasteiger partial charge in [0.15, 0.2) is 0 Å². The van der Waals surface area contributed by atoms with Crippen molar-refractivity contribution in [1.29, 1.82) is 0 Å². The Morgan fingerprint density at radius 2 is 1.90 bits per heavy atom. The first-order valence-electron chi connectivity index (χ1n) is 9.93. The van der Waals surface area contributed by atoms with Crippen LogP contribution < -0.4 is 15.0 Å². The predicted octanol–water partition coefficient (Wildman–Crippen LogP) is 5.20. The van der Waals surface area contributed by atoms with Crippen molar-refractivity contribution in [3.63, 3.8) is 0 Å². The molecule has 2 heterocycles. The lowest BCUT2D eigenvalue weighted by Gasteiger charge is -2.22. The standard InChI is InChI=1S/C24H25N3O2/c1-16(2)29-23-11-7-5-9-20(23)26-19-12-13-25-21(15-19)24(28)27-17(3)14-18-8-4-6-10-22(18)27/h4-13,15-17H,14H2,1-3H3,(H,25,26). The number of pyridine rings is 1. The summed E-state index contributed by atoms with van der Waals surface area (Å²) in [6, 6.07) is 19.6. The fraction of sp³-hybridized carbons (Fsp3) is 0.250. The monoisotopic (exact) mass is 387 g/mol. The SMILES string of the molecule is CC(C)Oc1ccccc1Nc1ccnc(C(=O)N2c3ccccc3CC2C)c1. The lowest BCUT2D eigenvalue weighted by atomic mass is 10.1. The molecule has 0 radical (unpaired) electrons. The molecule has 1 aliphatic rings. The van der Waals surface area contributed by atoms with Crippen molar-refractivity contribution in [1.82, 2.24) is 4.98 Å². The third-order valence-electron chi connectivity index (χ3n) is 4.93. The fourth-order valence-corrected chi connectivity index (χ4v) is 3.71. The lowest BCUT2D eigenvalue weighted by Crippen LogP contribution is -2.36. The average Bonchev–Trinajstić information content (AvgIpc) is 3.04. The van der Waals surface area contributed by atoms with Gasteiger partial charge < -0.3 is 15.0 Å². The zero-order valence-corrected chi connectivity index (χ0v) is 16.9. The molecule has 148 valence electrons. The van der Waals surface area contributed by atoms with Gasteiger partial charge in [-0.2, -0.15) is 0 Å². The van der Waals surface area contributed by atoms with Crippen LogP contribution in [-0.4, -0.2) is 23.0 Å². The largest absolute Gasteiger partial charge is 0.489 e. The van der Waals surface area contributed by atoms with Crippen molar-refractivity contribution in [2.45, 2.75) is 39.3 Å².